The van der Waals surface area contributed by atoms with E-state index >= 15 is 0 Å². The summed E-state index contributed by atoms with van der Waals surface area (Å²) >= 11 is 1.92. The summed E-state index contributed by atoms with van der Waals surface area (Å²) in [6.45, 7) is 0. The number of nitrogens with zero attached hydrogens (tertiary/aromatic N) is 1. The molecule has 2 heterocycles. The molecule has 0 aliphatic heterocycles. The van der Waals surface area contributed by atoms with Gasteiger partial charge in [-0.1, -0.05) is 36.4 Å². The highest BCUT2D eigenvalue weighted by molar-refractivity contribution is 7.10. The Morgan fingerprint density at radius 1 is 1.14 bits per heavy atom. The molecule has 3 aromatic rings. The molecule has 5 rings (SSSR count). The van der Waals surface area contributed by atoms with Gasteiger partial charge in [-0.25, -0.2) is 0 Å². The molecular formula is C20H19NS. The predicted octanol–water partition coefficient (Wildman–Crippen LogP) is 5.05. The van der Waals surface area contributed by atoms with E-state index in [1.54, 1.807) is 5.56 Å². The molecule has 0 saturated heterocycles. The minimum Gasteiger partial charge on any atom is -0.347 e. The Morgan fingerprint density at radius 2 is 2.00 bits per heavy atom. The monoisotopic (exact) mass is 305 g/mol. The summed E-state index contributed by atoms with van der Waals surface area (Å²) in [7, 11) is 2.23. The van der Waals surface area contributed by atoms with Crippen molar-refractivity contribution in [2.75, 3.05) is 0 Å². The van der Waals surface area contributed by atoms with Crippen LogP contribution in [0.25, 0.3) is 10.9 Å². The van der Waals surface area contributed by atoms with Crippen LogP contribution in [-0.2, 0) is 18.9 Å². The molecule has 2 aliphatic carbocycles. The van der Waals surface area contributed by atoms with E-state index in [9.17, 15) is 0 Å². The average molecular weight is 305 g/mol. The van der Waals surface area contributed by atoms with E-state index in [4.69, 9.17) is 0 Å². The van der Waals surface area contributed by atoms with Crippen LogP contribution in [0.2, 0.25) is 0 Å². The molecule has 1 saturated carbocycles. The summed E-state index contributed by atoms with van der Waals surface area (Å²) in [6.07, 6.45) is 8.68. The maximum Gasteiger partial charge on any atom is 0.0528 e. The van der Waals surface area contributed by atoms with E-state index in [-0.39, 0.29) is 5.41 Å². The average Bonchev–Trinajstić information content (AvgIpc) is 3.19. The third kappa shape index (κ3) is 1.49. The largest absolute Gasteiger partial charge is 0.347 e. The van der Waals surface area contributed by atoms with Gasteiger partial charge in [-0.05, 0) is 41.8 Å². The van der Waals surface area contributed by atoms with Crippen LogP contribution in [0.5, 0.6) is 0 Å². The van der Waals surface area contributed by atoms with Crippen LogP contribution in [0.3, 0.4) is 0 Å². The molecule has 1 nitrogen and oxygen atoms in total. The Hall–Kier alpha value is -1.80. The molecule has 2 aliphatic rings. The fourth-order valence-electron chi connectivity index (χ4n) is 4.39. The van der Waals surface area contributed by atoms with Crippen molar-refractivity contribution in [2.45, 2.75) is 24.7 Å². The molecule has 0 amide bonds. The predicted molar refractivity (Wildman–Crippen MR) is 93.6 cm³/mol. The molecule has 1 unspecified atom stereocenters. The lowest BCUT2D eigenvalue weighted by Gasteiger charge is -2.34. The number of hydrogen-bond acceptors (Lipinski definition) is 1. The fourth-order valence-corrected chi connectivity index (χ4v) is 5.38. The number of para-hydroxylation sites is 1. The molecule has 1 fully saturated rings. The molecule has 1 atom stereocenters. The normalized spacial score (nSPS) is 23.9. The second-order valence-corrected chi connectivity index (χ2v) is 7.57. The first-order chi connectivity index (χ1) is 10.8. The Balaban J connectivity index is 1.92. The second-order valence-electron chi connectivity index (χ2n) is 6.62. The number of allylic oxidation sites excluding steroid dienone is 2. The van der Waals surface area contributed by atoms with Gasteiger partial charge in [0.05, 0.1) is 5.41 Å². The Bertz CT molecular complexity index is 880. The minimum absolute atomic E-state index is 0.114. The van der Waals surface area contributed by atoms with Crippen molar-refractivity contribution in [3.63, 3.8) is 0 Å². The number of aromatic nitrogens is 1. The minimum atomic E-state index is 0.114. The van der Waals surface area contributed by atoms with Gasteiger partial charge in [0.2, 0.25) is 0 Å². The first kappa shape index (κ1) is 12.7. The van der Waals surface area contributed by atoms with Gasteiger partial charge in [-0.15, -0.1) is 11.3 Å². The molecule has 0 radical (unpaired) electrons. The van der Waals surface area contributed by atoms with Gasteiger partial charge in [-0.3, -0.25) is 0 Å². The molecule has 0 bridgehead atoms. The van der Waals surface area contributed by atoms with E-state index < -0.39 is 0 Å². The number of fused-ring (bicyclic) bond motifs is 3. The SMILES string of the molecule is Cn1c2c(c3ccccc31)C(c1cccs1)(C1CC1)C=CC2. The Morgan fingerprint density at radius 3 is 2.77 bits per heavy atom. The lowest BCUT2D eigenvalue weighted by Crippen LogP contribution is -2.30. The van der Waals surface area contributed by atoms with Gasteiger partial charge in [-0.2, -0.15) is 0 Å². The van der Waals surface area contributed by atoms with E-state index in [1.165, 1.54) is 34.3 Å². The summed E-state index contributed by atoms with van der Waals surface area (Å²) in [5, 5.41) is 3.68. The van der Waals surface area contributed by atoms with Crippen molar-refractivity contribution in [3.05, 3.63) is 70.1 Å². The van der Waals surface area contributed by atoms with Gasteiger partial charge in [0.15, 0.2) is 0 Å². The molecule has 0 N–H and O–H groups in total. The fraction of sp³-hybridized carbons (Fsp3) is 0.300. The highest BCUT2D eigenvalue weighted by atomic mass is 32.1. The van der Waals surface area contributed by atoms with Crippen molar-refractivity contribution in [1.29, 1.82) is 0 Å². The number of hydrogen-bond donors (Lipinski definition) is 0. The van der Waals surface area contributed by atoms with Crippen molar-refractivity contribution in [1.82, 2.24) is 4.57 Å². The van der Waals surface area contributed by atoms with Crippen molar-refractivity contribution in [3.8, 4) is 0 Å². The van der Waals surface area contributed by atoms with Gasteiger partial charge < -0.3 is 4.57 Å². The molecule has 2 aromatic heterocycles. The molecule has 2 heteroatoms. The first-order valence-corrected chi connectivity index (χ1v) is 8.99. The second kappa shape index (κ2) is 4.36. The van der Waals surface area contributed by atoms with Gasteiger partial charge in [0.25, 0.3) is 0 Å². The topological polar surface area (TPSA) is 4.93 Å². The third-order valence-electron chi connectivity index (χ3n) is 5.48. The standard InChI is InChI=1S/C20H19NS/c1-21-16-7-3-2-6-15(16)19-17(21)8-4-12-20(19,14-10-11-14)18-9-5-13-22-18/h2-7,9,12-14H,8,10-11H2,1H3. The van der Waals surface area contributed by atoms with E-state index in [0.717, 1.165) is 12.3 Å². The van der Waals surface area contributed by atoms with Gasteiger partial charge in [0.1, 0.15) is 0 Å². The molecule has 1 aromatic carbocycles. The zero-order valence-corrected chi connectivity index (χ0v) is 13.6. The van der Waals surface area contributed by atoms with Crippen LogP contribution >= 0.6 is 11.3 Å². The zero-order chi connectivity index (χ0) is 14.7. The number of aryl methyl sites for hydroxylation is 1. The van der Waals surface area contributed by atoms with Gasteiger partial charge in [0, 0.05) is 34.9 Å². The van der Waals surface area contributed by atoms with Crippen molar-refractivity contribution in [2.24, 2.45) is 13.0 Å². The van der Waals surface area contributed by atoms with Crippen LogP contribution in [0.15, 0.2) is 53.9 Å². The van der Waals surface area contributed by atoms with E-state index in [1.807, 2.05) is 11.3 Å². The van der Waals surface area contributed by atoms with Crippen LogP contribution < -0.4 is 0 Å². The lowest BCUT2D eigenvalue weighted by molar-refractivity contribution is 0.553. The van der Waals surface area contributed by atoms with Crippen molar-refractivity contribution < 1.29 is 0 Å². The maximum atomic E-state index is 2.52. The zero-order valence-electron chi connectivity index (χ0n) is 12.8. The highest BCUT2D eigenvalue weighted by Crippen LogP contribution is 2.57. The smallest absolute Gasteiger partial charge is 0.0528 e. The highest BCUT2D eigenvalue weighted by Gasteiger charge is 2.50. The summed E-state index contributed by atoms with van der Waals surface area (Å²) in [5.74, 6) is 0.771. The van der Waals surface area contributed by atoms with E-state index in [0.29, 0.717) is 0 Å². The number of thiophene rings is 1. The van der Waals surface area contributed by atoms with Crippen LogP contribution in [0, 0.1) is 5.92 Å². The molecule has 110 valence electrons. The van der Waals surface area contributed by atoms with Crippen LogP contribution in [0.4, 0.5) is 0 Å². The Kier molecular flexibility index (Phi) is 2.52. The number of benzene rings is 1. The number of rotatable bonds is 2. The summed E-state index contributed by atoms with van der Waals surface area (Å²) < 4.78 is 2.42. The summed E-state index contributed by atoms with van der Waals surface area (Å²) in [5.41, 5.74) is 4.57. The molecule has 0 spiro atoms. The van der Waals surface area contributed by atoms with Gasteiger partial charge >= 0.3 is 0 Å². The molecular weight excluding hydrogens is 286 g/mol. The van der Waals surface area contributed by atoms with Crippen molar-refractivity contribution >= 4 is 22.2 Å². The molecule has 22 heavy (non-hydrogen) atoms. The quantitative estimate of drug-likeness (QED) is 0.584. The Labute approximate surface area is 134 Å². The third-order valence-corrected chi connectivity index (χ3v) is 6.51. The summed E-state index contributed by atoms with van der Waals surface area (Å²) in [4.78, 5) is 1.52. The maximum absolute atomic E-state index is 2.52. The summed E-state index contributed by atoms with van der Waals surface area (Å²) in [6, 6.07) is 13.5. The van der Waals surface area contributed by atoms with Crippen LogP contribution in [0.1, 0.15) is 29.0 Å². The van der Waals surface area contributed by atoms with Crippen LogP contribution in [-0.4, -0.2) is 4.57 Å². The first-order valence-electron chi connectivity index (χ1n) is 8.11. The van der Waals surface area contributed by atoms with E-state index in [2.05, 4.69) is 65.5 Å². The lowest BCUT2D eigenvalue weighted by atomic mass is 9.70.